The Bertz CT molecular complexity index is 1190. The third-order valence-electron chi connectivity index (χ3n) is 5.56. The summed E-state index contributed by atoms with van der Waals surface area (Å²) in [6.45, 7) is 2.11. The molecule has 0 unspecified atom stereocenters. The van der Waals surface area contributed by atoms with Gasteiger partial charge in [0.25, 0.3) is 17.5 Å². The SMILES string of the molecule is CCOc1ccc(N2C(=O)c3ccc4c5c(ccc(c35)C2=O)CC4)c([N+](=O)[O-])c1. The van der Waals surface area contributed by atoms with Crippen molar-refractivity contribution in [3.8, 4) is 5.75 Å². The zero-order valence-corrected chi connectivity index (χ0v) is 15.6. The Hall–Kier alpha value is -3.74. The molecule has 0 saturated carbocycles. The summed E-state index contributed by atoms with van der Waals surface area (Å²) < 4.78 is 5.34. The van der Waals surface area contributed by atoms with Gasteiger partial charge in [-0.3, -0.25) is 19.7 Å². The number of aryl methyl sites for hydroxylation is 2. The van der Waals surface area contributed by atoms with Gasteiger partial charge in [0.05, 0.1) is 17.6 Å². The molecule has 2 amide bonds. The highest BCUT2D eigenvalue weighted by Crippen LogP contribution is 2.41. The minimum atomic E-state index is -0.607. The second-order valence-electron chi connectivity index (χ2n) is 7.08. The van der Waals surface area contributed by atoms with E-state index in [1.165, 1.54) is 18.2 Å². The van der Waals surface area contributed by atoms with Crippen molar-refractivity contribution in [2.75, 3.05) is 11.5 Å². The van der Waals surface area contributed by atoms with Crippen LogP contribution in [0.4, 0.5) is 11.4 Å². The predicted octanol–water partition coefficient (Wildman–Crippen LogP) is 4.05. The molecule has 144 valence electrons. The van der Waals surface area contributed by atoms with E-state index in [1.807, 2.05) is 12.1 Å². The second kappa shape index (κ2) is 6.13. The van der Waals surface area contributed by atoms with Gasteiger partial charge in [-0.1, -0.05) is 12.1 Å². The number of hydrogen-bond acceptors (Lipinski definition) is 5. The van der Waals surface area contributed by atoms with E-state index >= 15 is 0 Å². The maximum atomic E-state index is 13.3. The van der Waals surface area contributed by atoms with Crippen LogP contribution in [0, 0.1) is 10.1 Å². The molecular formula is C22H16N2O5. The number of amides is 2. The average molecular weight is 388 g/mol. The van der Waals surface area contributed by atoms with Crippen molar-refractivity contribution < 1.29 is 19.2 Å². The maximum Gasteiger partial charge on any atom is 0.297 e. The number of anilines is 1. The van der Waals surface area contributed by atoms with Gasteiger partial charge >= 0.3 is 0 Å². The first-order valence-corrected chi connectivity index (χ1v) is 9.38. The molecule has 1 aliphatic heterocycles. The lowest BCUT2D eigenvalue weighted by Gasteiger charge is -2.27. The van der Waals surface area contributed by atoms with Gasteiger partial charge in [-0.2, -0.15) is 0 Å². The molecule has 0 radical (unpaired) electrons. The number of imide groups is 1. The summed E-state index contributed by atoms with van der Waals surface area (Å²) in [6, 6.07) is 11.4. The fourth-order valence-corrected chi connectivity index (χ4v) is 4.33. The van der Waals surface area contributed by atoms with Gasteiger partial charge in [0.15, 0.2) is 0 Å². The summed E-state index contributed by atoms with van der Waals surface area (Å²) in [5.41, 5.74) is 2.63. The number of carbonyl (C=O) groups excluding carboxylic acids is 2. The van der Waals surface area contributed by atoms with Crippen LogP contribution in [-0.4, -0.2) is 23.3 Å². The van der Waals surface area contributed by atoms with Gasteiger partial charge in [0, 0.05) is 16.5 Å². The molecule has 1 heterocycles. The van der Waals surface area contributed by atoms with Crippen molar-refractivity contribution in [3.05, 3.63) is 74.8 Å². The van der Waals surface area contributed by atoms with Gasteiger partial charge in [-0.25, -0.2) is 4.90 Å². The largest absolute Gasteiger partial charge is 0.494 e. The molecule has 3 aromatic carbocycles. The Kier molecular flexibility index (Phi) is 3.67. The lowest BCUT2D eigenvalue weighted by atomic mass is 9.91. The lowest BCUT2D eigenvalue weighted by molar-refractivity contribution is -0.384. The van der Waals surface area contributed by atoms with Crippen molar-refractivity contribution in [2.45, 2.75) is 19.8 Å². The van der Waals surface area contributed by atoms with E-state index in [4.69, 9.17) is 4.74 Å². The van der Waals surface area contributed by atoms with E-state index in [9.17, 15) is 19.7 Å². The first-order valence-electron chi connectivity index (χ1n) is 9.38. The molecule has 0 saturated heterocycles. The number of benzene rings is 3. The van der Waals surface area contributed by atoms with Gasteiger partial charge in [0.2, 0.25) is 0 Å². The third kappa shape index (κ3) is 2.37. The lowest BCUT2D eigenvalue weighted by Crippen LogP contribution is -2.40. The van der Waals surface area contributed by atoms with Crippen LogP contribution in [0.25, 0.3) is 10.8 Å². The molecule has 0 fully saturated rings. The first-order chi connectivity index (χ1) is 14.0. The van der Waals surface area contributed by atoms with E-state index in [0.29, 0.717) is 28.9 Å². The van der Waals surface area contributed by atoms with Crippen LogP contribution < -0.4 is 9.64 Å². The number of hydrogen-bond donors (Lipinski definition) is 0. The minimum absolute atomic E-state index is 0.0599. The van der Waals surface area contributed by atoms with E-state index < -0.39 is 16.7 Å². The topological polar surface area (TPSA) is 89.8 Å². The van der Waals surface area contributed by atoms with Crippen LogP contribution in [-0.2, 0) is 12.8 Å². The molecule has 0 atom stereocenters. The smallest absolute Gasteiger partial charge is 0.297 e. The van der Waals surface area contributed by atoms with Crippen LogP contribution in [0.5, 0.6) is 5.75 Å². The zero-order valence-electron chi connectivity index (χ0n) is 15.6. The van der Waals surface area contributed by atoms with Crippen molar-refractivity contribution in [1.29, 1.82) is 0 Å². The highest BCUT2D eigenvalue weighted by molar-refractivity contribution is 6.36. The summed E-state index contributed by atoms with van der Waals surface area (Å²) >= 11 is 0. The molecular weight excluding hydrogens is 372 g/mol. The van der Waals surface area contributed by atoms with E-state index in [0.717, 1.165) is 34.3 Å². The highest BCUT2D eigenvalue weighted by Gasteiger charge is 2.38. The normalized spacial score (nSPS) is 14.6. The summed E-state index contributed by atoms with van der Waals surface area (Å²) in [7, 11) is 0. The van der Waals surface area contributed by atoms with Gasteiger partial charge in [-0.15, -0.1) is 0 Å². The molecule has 1 aliphatic carbocycles. The van der Waals surface area contributed by atoms with Crippen molar-refractivity contribution >= 4 is 34.0 Å². The summed E-state index contributed by atoms with van der Waals surface area (Å²) in [5.74, 6) is -0.793. The second-order valence-corrected chi connectivity index (χ2v) is 7.08. The van der Waals surface area contributed by atoms with Gasteiger partial charge < -0.3 is 4.74 Å². The molecule has 7 heteroatoms. The molecule has 0 N–H and O–H groups in total. The maximum absolute atomic E-state index is 13.3. The summed E-state index contributed by atoms with van der Waals surface area (Å²) in [4.78, 5) is 38.6. The molecule has 7 nitrogen and oxygen atoms in total. The molecule has 29 heavy (non-hydrogen) atoms. The van der Waals surface area contributed by atoms with Crippen molar-refractivity contribution in [2.24, 2.45) is 0 Å². The molecule has 0 aromatic heterocycles. The van der Waals surface area contributed by atoms with Crippen LogP contribution in [0.15, 0.2) is 42.5 Å². The summed E-state index contributed by atoms with van der Waals surface area (Å²) in [5, 5.41) is 13.3. The van der Waals surface area contributed by atoms with Crippen LogP contribution in [0.1, 0.15) is 38.8 Å². The fourth-order valence-electron chi connectivity index (χ4n) is 4.33. The molecule has 5 rings (SSSR count). The zero-order chi connectivity index (χ0) is 20.3. The van der Waals surface area contributed by atoms with Crippen molar-refractivity contribution in [1.82, 2.24) is 0 Å². The van der Waals surface area contributed by atoms with Crippen LogP contribution in [0.3, 0.4) is 0 Å². The molecule has 2 aliphatic rings. The first kappa shape index (κ1) is 17.4. The quantitative estimate of drug-likeness (QED) is 0.382. The number of nitro benzene ring substituents is 1. The highest BCUT2D eigenvalue weighted by atomic mass is 16.6. The number of carbonyl (C=O) groups is 2. The Balaban J connectivity index is 1.72. The van der Waals surface area contributed by atoms with Crippen LogP contribution in [0.2, 0.25) is 0 Å². The Morgan fingerprint density at radius 1 is 0.966 bits per heavy atom. The fraction of sp³-hybridized carbons (Fsp3) is 0.182. The Morgan fingerprint density at radius 2 is 1.59 bits per heavy atom. The van der Waals surface area contributed by atoms with E-state index in [-0.39, 0.29) is 11.4 Å². The van der Waals surface area contributed by atoms with Crippen LogP contribution >= 0.6 is 0 Å². The monoisotopic (exact) mass is 388 g/mol. The van der Waals surface area contributed by atoms with Crippen molar-refractivity contribution in [3.63, 3.8) is 0 Å². The Labute approximate surface area is 165 Å². The number of rotatable bonds is 4. The van der Waals surface area contributed by atoms with Gasteiger partial charge in [0.1, 0.15) is 11.4 Å². The number of nitrogens with zero attached hydrogens (tertiary/aromatic N) is 2. The third-order valence-corrected chi connectivity index (χ3v) is 5.56. The minimum Gasteiger partial charge on any atom is -0.494 e. The molecule has 0 bridgehead atoms. The van der Waals surface area contributed by atoms with E-state index in [2.05, 4.69) is 0 Å². The number of ether oxygens (including phenoxy) is 1. The average Bonchev–Trinajstić information content (AvgIpc) is 3.13. The predicted molar refractivity (Wildman–Crippen MR) is 107 cm³/mol. The Morgan fingerprint density at radius 3 is 2.14 bits per heavy atom. The number of nitro groups is 1. The molecule has 0 spiro atoms. The van der Waals surface area contributed by atoms with Gasteiger partial charge in [-0.05, 0) is 60.5 Å². The van der Waals surface area contributed by atoms with E-state index in [1.54, 1.807) is 19.1 Å². The standard InChI is InChI=1S/C22H16N2O5/c1-2-29-14-7-10-17(18(11-14)24(27)28)23-21(25)15-8-5-12-3-4-13-6-9-16(22(23)26)20(15)19(12)13/h5-11H,2-4H2,1H3. The summed E-state index contributed by atoms with van der Waals surface area (Å²) in [6.07, 6.45) is 1.76. The molecule has 3 aromatic rings.